The second kappa shape index (κ2) is 7.12. The number of amides is 1. The summed E-state index contributed by atoms with van der Waals surface area (Å²) in [5.41, 5.74) is 1.55. The Morgan fingerprint density at radius 3 is 2.20 bits per heavy atom. The molecule has 0 spiro atoms. The average Bonchev–Trinajstić information content (AvgIpc) is 2.80. The lowest BCUT2D eigenvalue weighted by atomic mass is 10.1. The quantitative estimate of drug-likeness (QED) is 0.720. The van der Waals surface area contributed by atoms with Crippen LogP contribution in [0.2, 0.25) is 0 Å². The summed E-state index contributed by atoms with van der Waals surface area (Å²) in [6.45, 7) is 2.31. The van der Waals surface area contributed by atoms with Gasteiger partial charge < -0.3 is 24.3 Å². The van der Waals surface area contributed by atoms with Crippen LogP contribution in [0, 0.1) is 0 Å². The lowest BCUT2D eigenvalue weighted by Gasteiger charge is -2.14. The van der Waals surface area contributed by atoms with Gasteiger partial charge in [0.2, 0.25) is 0 Å². The number of benzene rings is 1. The number of nitrogens with one attached hydrogen (secondary N) is 1. The van der Waals surface area contributed by atoms with Crippen LogP contribution in [0.15, 0.2) is 12.1 Å². The Hall–Kier alpha value is -1.79. The molecule has 1 N–H and O–H groups in total. The Morgan fingerprint density at radius 2 is 1.60 bits per heavy atom. The highest BCUT2D eigenvalue weighted by Crippen LogP contribution is 2.33. The standard InChI is InChI=1S/C14H19NO5/c1-17-3-5-19-12-7-10-9-15-14(16)11(10)8-13(12)20-6-4-18-2/h7-8H,3-6,9H2,1-2H3,(H,15,16). The summed E-state index contributed by atoms with van der Waals surface area (Å²) >= 11 is 0. The number of fused-ring (bicyclic) bond motifs is 1. The van der Waals surface area contributed by atoms with Crippen molar-refractivity contribution in [2.24, 2.45) is 0 Å². The number of carbonyl (C=O) groups excluding carboxylic acids is 1. The van der Waals surface area contributed by atoms with Gasteiger partial charge in [-0.05, 0) is 17.7 Å². The van der Waals surface area contributed by atoms with E-state index < -0.39 is 0 Å². The average molecular weight is 281 g/mol. The van der Waals surface area contributed by atoms with E-state index in [0.29, 0.717) is 50.0 Å². The Balaban J connectivity index is 2.16. The fourth-order valence-corrected chi connectivity index (χ4v) is 1.93. The lowest BCUT2D eigenvalue weighted by molar-refractivity contribution is 0.0965. The third-order valence-corrected chi connectivity index (χ3v) is 2.94. The van der Waals surface area contributed by atoms with Crippen LogP contribution >= 0.6 is 0 Å². The van der Waals surface area contributed by atoms with E-state index in [9.17, 15) is 4.79 Å². The van der Waals surface area contributed by atoms with Crippen LogP contribution < -0.4 is 14.8 Å². The molecule has 0 atom stereocenters. The van der Waals surface area contributed by atoms with Crippen molar-refractivity contribution in [1.29, 1.82) is 0 Å². The second-order valence-electron chi connectivity index (χ2n) is 4.32. The van der Waals surface area contributed by atoms with Crippen LogP contribution in [0.5, 0.6) is 11.5 Å². The molecule has 1 aromatic carbocycles. The SMILES string of the molecule is COCCOc1cc2c(cc1OCCOC)C(=O)NC2. The maximum absolute atomic E-state index is 11.7. The van der Waals surface area contributed by atoms with Crippen molar-refractivity contribution in [3.05, 3.63) is 23.3 Å². The first-order chi connectivity index (χ1) is 9.76. The predicted octanol–water partition coefficient (Wildman–Crippen LogP) is 0.980. The van der Waals surface area contributed by atoms with Crippen molar-refractivity contribution < 1.29 is 23.7 Å². The van der Waals surface area contributed by atoms with Gasteiger partial charge in [-0.1, -0.05) is 0 Å². The fourth-order valence-electron chi connectivity index (χ4n) is 1.93. The van der Waals surface area contributed by atoms with Crippen molar-refractivity contribution >= 4 is 5.91 Å². The molecular formula is C14H19NO5. The van der Waals surface area contributed by atoms with Crippen LogP contribution in [0.4, 0.5) is 0 Å². The molecule has 0 saturated heterocycles. The number of methoxy groups -OCH3 is 2. The normalized spacial score (nSPS) is 13.0. The molecule has 20 heavy (non-hydrogen) atoms. The Bertz CT molecular complexity index is 475. The third kappa shape index (κ3) is 3.40. The molecule has 0 aromatic heterocycles. The largest absolute Gasteiger partial charge is 0.487 e. The van der Waals surface area contributed by atoms with Gasteiger partial charge >= 0.3 is 0 Å². The first kappa shape index (κ1) is 14.6. The van der Waals surface area contributed by atoms with E-state index in [0.717, 1.165) is 5.56 Å². The number of hydrogen-bond acceptors (Lipinski definition) is 5. The molecule has 0 radical (unpaired) electrons. The Morgan fingerprint density at radius 1 is 1.00 bits per heavy atom. The molecule has 0 unspecified atom stereocenters. The van der Waals surface area contributed by atoms with E-state index in [1.807, 2.05) is 6.07 Å². The van der Waals surface area contributed by atoms with Gasteiger partial charge in [-0.25, -0.2) is 0 Å². The molecule has 1 aliphatic heterocycles. The van der Waals surface area contributed by atoms with E-state index in [-0.39, 0.29) is 5.91 Å². The Kier molecular flexibility index (Phi) is 5.20. The first-order valence-corrected chi connectivity index (χ1v) is 6.45. The summed E-state index contributed by atoms with van der Waals surface area (Å²) in [7, 11) is 3.22. The number of hydrogen-bond donors (Lipinski definition) is 1. The molecule has 0 fully saturated rings. The van der Waals surface area contributed by atoms with Gasteiger partial charge in [0, 0.05) is 26.3 Å². The zero-order valence-electron chi connectivity index (χ0n) is 11.7. The van der Waals surface area contributed by atoms with Gasteiger partial charge in [0.25, 0.3) is 5.91 Å². The summed E-state index contributed by atoms with van der Waals surface area (Å²) in [5.74, 6) is 1.09. The monoisotopic (exact) mass is 281 g/mol. The minimum absolute atomic E-state index is 0.0833. The van der Waals surface area contributed by atoms with Crippen molar-refractivity contribution in [2.75, 3.05) is 40.6 Å². The first-order valence-electron chi connectivity index (χ1n) is 6.45. The smallest absolute Gasteiger partial charge is 0.252 e. The van der Waals surface area contributed by atoms with Crippen LogP contribution in [0.1, 0.15) is 15.9 Å². The Labute approximate surface area is 118 Å². The molecule has 1 aromatic rings. The zero-order valence-corrected chi connectivity index (χ0v) is 11.7. The van der Waals surface area contributed by atoms with E-state index in [4.69, 9.17) is 18.9 Å². The molecule has 0 aliphatic carbocycles. The number of rotatable bonds is 8. The van der Waals surface area contributed by atoms with Gasteiger partial charge in [-0.15, -0.1) is 0 Å². The van der Waals surface area contributed by atoms with Gasteiger partial charge in [0.05, 0.1) is 13.2 Å². The fraction of sp³-hybridized carbons (Fsp3) is 0.500. The van der Waals surface area contributed by atoms with Crippen molar-refractivity contribution in [3.8, 4) is 11.5 Å². The minimum Gasteiger partial charge on any atom is -0.487 e. The predicted molar refractivity (Wildman–Crippen MR) is 72.4 cm³/mol. The molecule has 110 valence electrons. The van der Waals surface area contributed by atoms with Gasteiger partial charge in [0.15, 0.2) is 11.5 Å². The number of carbonyl (C=O) groups is 1. The van der Waals surface area contributed by atoms with Crippen molar-refractivity contribution in [2.45, 2.75) is 6.54 Å². The van der Waals surface area contributed by atoms with Crippen molar-refractivity contribution in [1.82, 2.24) is 5.32 Å². The summed E-state index contributed by atoms with van der Waals surface area (Å²) < 4.78 is 21.2. The molecule has 1 amide bonds. The summed E-state index contributed by atoms with van der Waals surface area (Å²) in [5, 5.41) is 2.77. The topological polar surface area (TPSA) is 66.0 Å². The number of ether oxygens (including phenoxy) is 4. The summed E-state index contributed by atoms with van der Waals surface area (Å²) in [6.07, 6.45) is 0. The van der Waals surface area contributed by atoms with Gasteiger partial charge in [0.1, 0.15) is 13.2 Å². The molecule has 1 aliphatic rings. The van der Waals surface area contributed by atoms with Crippen LogP contribution in [-0.2, 0) is 16.0 Å². The highest BCUT2D eigenvalue weighted by molar-refractivity contribution is 5.99. The van der Waals surface area contributed by atoms with Crippen LogP contribution in [0.3, 0.4) is 0 Å². The lowest BCUT2D eigenvalue weighted by Crippen LogP contribution is -2.12. The maximum Gasteiger partial charge on any atom is 0.252 e. The molecule has 1 heterocycles. The van der Waals surface area contributed by atoms with E-state index in [1.54, 1.807) is 20.3 Å². The molecule has 6 heteroatoms. The summed E-state index contributed by atoms with van der Waals surface area (Å²) in [6, 6.07) is 3.56. The van der Waals surface area contributed by atoms with E-state index >= 15 is 0 Å². The van der Waals surface area contributed by atoms with E-state index in [2.05, 4.69) is 5.32 Å². The molecule has 2 rings (SSSR count). The molecule has 6 nitrogen and oxygen atoms in total. The molecule has 0 saturated carbocycles. The molecule has 0 bridgehead atoms. The summed E-state index contributed by atoms with van der Waals surface area (Å²) in [4.78, 5) is 11.7. The van der Waals surface area contributed by atoms with Crippen LogP contribution in [-0.4, -0.2) is 46.6 Å². The van der Waals surface area contributed by atoms with Crippen molar-refractivity contribution in [3.63, 3.8) is 0 Å². The minimum atomic E-state index is -0.0833. The second-order valence-corrected chi connectivity index (χ2v) is 4.32. The third-order valence-electron chi connectivity index (χ3n) is 2.94. The van der Waals surface area contributed by atoms with Gasteiger partial charge in [-0.2, -0.15) is 0 Å². The van der Waals surface area contributed by atoms with Crippen LogP contribution in [0.25, 0.3) is 0 Å². The highest BCUT2D eigenvalue weighted by atomic mass is 16.5. The molecular weight excluding hydrogens is 262 g/mol. The highest BCUT2D eigenvalue weighted by Gasteiger charge is 2.22. The van der Waals surface area contributed by atoms with Gasteiger partial charge in [-0.3, -0.25) is 4.79 Å². The van der Waals surface area contributed by atoms with E-state index in [1.165, 1.54) is 0 Å². The maximum atomic E-state index is 11.7. The zero-order chi connectivity index (χ0) is 14.4.